The van der Waals surface area contributed by atoms with Gasteiger partial charge in [0.15, 0.2) is 0 Å². The Morgan fingerprint density at radius 2 is 1.88 bits per heavy atom. The summed E-state index contributed by atoms with van der Waals surface area (Å²) in [6.07, 6.45) is 5.61. The van der Waals surface area contributed by atoms with E-state index in [1.54, 1.807) is 6.92 Å². The van der Waals surface area contributed by atoms with Gasteiger partial charge in [0.25, 0.3) is 0 Å². The van der Waals surface area contributed by atoms with Gasteiger partial charge in [0, 0.05) is 11.6 Å². The summed E-state index contributed by atoms with van der Waals surface area (Å²) < 4.78 is 4.99. The molecule has 0 saturated heterocycles. The van der Waals surface area contributed by atoms with Crippen molar-refractivity contribution in [2.24, 2.45) is 0 Å². The molecule has 1 N–H and O–H groups in total. The number of aliphatic carboxylic acids is 1. The fourth-order valence-electron chi connectivity index (χ4n) is 0.813. The molecule has 17 heavy (non-hydrogen) atoms. The average molecular weight is 242 g/mol. The Balaban J connectivity index is 0. The van der Waals surface area contributed by atoms with Gasteiger partial charge in [-0.1, -0.05) is 32.9 Å². The quantitative estimate of drug-likeness (QED) is 0.442. The molecule has 0 radical (unpaired) electrons. The van der Waals surface area contributed by atoms with Crippen LogP contribution in [-0.2, 0) is 14.3 Å². The molecular formula is C13H22O4. The topological polar surface area (TPSA) is 63.6 Å². The smallest absolute Gasteiger partial charge is 0.333 e. The molecule has 0 heterocycles. The van der Waals surface area contributed by atoms with Crippen LogP contribution in [-0.4, -0.2) is 23.7 Å². The molecular weight excluding hydrogens is 220 g/mol. The third-order valence-electron chi connectivity index (χ3n) is 1.74. The first-order chi connectivity index (χ1) is 7.99. The molecule has 0 aromatic carbocycles. The Morgan fingerprint density at radius 1 is 1.35 bits per heavy atom. The van der Waals surface area contributed by atoms with Crippen LogP contribution in [0.15, 0.2) is 24.3 Å². The lowest BCUT2D eigenvalue weighted by molar-refractivity contribution is -0.139. The van der Waals surface area contributed by atoms with E-state index < -0.39 is 5.97 Å². The Bertz CT molecular complexity index is 267. The van der Waals surface area contributed by atoms with E-state index in [2.05, 4.69) is 13.5 Å². The van der Waals surface area contributed by atoms with Gasteiger partial charge in [-0.3, -0.25) is 0 Å². The molecule has 0 aliphatic heterocycles. The van der Waals surface area contributed by atoms with Crippen molar-refractivity contribution in [2.75, 3.05) is 6.61 Å². The Morgan fingerprint density at radius 3 is 2.24 bits per heavy atom. The van der Waals surface area contributed by atoms with Crippen LogP contribution in [0.3, 0.4) is 0 Å². The van der Waals surface area contributed by atoms with Gasteiger partial charge >= 0.3 is 11.9 Å². The van der Waals surface area contributed by atoms with E-state index in [0.717, 1.165) is 25.3 Å². The summed E-state index contributed by atoms with van der Waals surface area (Å²) in [5, 5.41) is 7.60. The molecule has 0 aliphatic rings. The maximum absolute atomic E-state index is 11.1. The molecule has 4 heteroatoms. The molecule has 0 saturated carbocycles. The van der Waals surface area contributed by atoms with Crippen LogP contribution in [0.5, 0.6) is 0 Å². The summed E-state index contributed by atoms with van der Waals surface area (Å²) in [6, 6.07) is 0. The van der Waals surface area contributed by atoms with E-state index in [9.17, 15) is 9.59 Å². The number of hydrogen-bond donors (Lipinski definition) is 1. The zero-order valence-corrected chi connectivity index (χ0v) is 10.9. The first-order valence-corrected chi connectivity index (χ1v) is 5.68. The molecule has 0 fully saturated rings. The fourth-order valence-corrected chi connectivity index (χ4v) is 0.813. The van der Waals surface area contributed by atoms with Crippen molar-refractivity contribution in [3.8, 4) is 0 Å². The van der Waals surface area contributed by atoms with Crippen LogP contribution >= 0.6 is 0 Å². The van der Waals surface area contributed by atoms with Gasteiger partial charge in [-0.25, -0.2) is 9.59 Å². The predicted molar refractivity (Wildman–Crippen MR) is 67.7 cm³/mol. The van der Waals surface area contributed by atoms with Crippen LogP contribution in [0, 0.1) is 0 Å². The lowest BCUT2D eigenvalue weighted by atomic mass is 10.2. The van der Waals surface area contributed by atoms with E-state index >= 15 is 0 Å². The fraction of sp³-hybridized carbons (Fsp3) is 0.538. The van der Waals surface area contributed by atoms with Gasteiger partial charge in [-0.05, 0) is 19.8 Å². The van der Waals surface area contributed by atoms with Crippen LogP contribution in [0.2, 0.25) is 0 Å². The minimum absolute atomic E-state index is 0.176. The number of hydrogen-bond acceptors (Lipinski definition) is 3. The number of unbranched alkanes of at least 4 members (excludes halogenated alkanes) is 1. The van der Waals surface area contributed by atoms with Crippen molar-refractivity contribution < 1.29 is 19.4 Å². The molecule has 0 amide bonds. The molecule has 4 nitrogen and oxygen atoms in total. The highest BCUT2D eigenvalue weighted by Crippen LogP contribution is 1.99. The van der Waals surface area contributed by atoms with Gasteiger partial charge in [0.1, 0.15) is 0 Å². The zero-order chi connectivity index (χ0) is 13.7. The maximum Gasteiger partial charge on any atom is 0.333 e. The van der Waals surface area contributed by atoms with Gasteiger partial charge in [-0.2, -0.15) is 0 Å². The average Bonchev–Trinajstić information content (AvgIpc) is 2.30. The first-order valence-electron chi connectivity index (χ1n) is 5.68. The van der Waals surface area contributed by atoms with Crippen molar-refractivity contribution >= 4 is 11.9 Å². The molecule has 0 aromatic rings. The third-order valence-corrected chi connectivity index (χ3v) is 1.74. The number of carbonyl (C=O) groups excluding carboxylic acids is 1. The van der Waals surface area contributed by atoms with E-state index in [-0.39, 0.29) is 5.97 Å². The highest BCUT2D eigenvalue weighted by Gasteiger charge is 2.02. The predicted octanol–water partition coefficient (Wildman–Crippen LogP) is 2.94. The standard InChI is InChI=1S/C10H18O2.C3H4O2/c1-4-6-8-12-10(11)9(3)7-5-2;1-2-3(4)5/h7H,4-6,8H2,1-3H3;2H,1H2,(H,4,5). The van der Waals surface area contributed by atoms with Crippen molar-refractivity contribution in [1.29, 1.82) is 0 Å². The molecule has 0 bridgehead atoms. The third kappa shape index (κ3) is 14.4. The largest absolute Gasteiger partial charge is 0.478 e. The summed E-state index contributed by atoms with van der Waals surface area (Å²) >= 11 is 0. The molecule has 0 atom stereocenters. The van der Waals surface area contributed by atoms with Gasteiger partial charge in [0.05, 0.1) is 6.61 Å². The molecule has 98 valence electrons. The van der Waals surface area contributed by atoms with Crippen molar-refractivity contribution in [3.05, 3.63) is 24.3 Å². The second-order valence-electron chi connectivity index (χ2n) is 3.33. The summed E-state index contributed by atoms with van der Waals surface area (Å²) in [5.74, 6) is -1.16. The first kappa shape index (κ1) is 17.8. The summed E-state index contributed by atoms with van der Waals surface area (Å²) in [5.41, 5.74) is 0.716. The van der Waals surface area contributed by atoms with Crippen molar-refractivity contribution in [1.82, 2.24) is 0 Å². The second kappa shape index (κ2) is 12.5. The molecule has 0 unspecified atom stereocenters. The zero-order valence-electron chi connectivity index (χ0n) is 10.9. The van der Waals surface area contributed by atoms with E-state index in [0.29, 0.717) is 12.2 Å². The Labute approximate surface area is 103 Å². The second-order valence-corrected chi connectivity index (χ2v) is 3.33. The van der Waals surface area contributed by atoms with E-state index in [1.165, 1.54) is 0 Å². The van der Waals surface area contributed by atoms with Gasteiger partial charge in [0.2, 0.25) is 0 Å². The number of ether oxygens (including phenoxy) is 1. The Kier molecular flexibility index (Phi) is 13.1. The Hall–Kier alpha value is -1.58. The molecule has 0 spiro atoms. The number of allylic oxidation sites excluding steroid dienone is 1. The number of esters is 1. The summed E-state index contributed by atoms with van der Waals surface area (Å²) in [4.78, 5) is 20.4. The molecule has 0 aliphatic carbocycles. The lowest BCUT2D eigenvalue weighted by Gasteiger charge is -2.02. The number of rotatable bonds is 6. The minimum atomic E-state index is -0.981. The van der Waals surface area contributed by atoms with E-state index in [4.69, 9.17) is 9.84 Å². The van der Waals surface area contributed by atoms with Crippen LogP contribution in [0.4, 0.5) is 0 Å². The van der Waals surface area contributed by atoms with Crippen LogP contribution in [0.1, 0.15) is 40.0 Å². The van der Waals surface area contributed by atoms with Crippen LogP contribution < -0.4 is 0 Å². The van der Waals surface area contributed by atoms with Gasteiger partial charge < -0.3 is 9.84 Å². The minimum Gasteiger partial charge on any atom is -0.478 e. The van der Waals surface area contributed by atoms with Crippen molar-refractivity contribution in [2.45, 2.75) is 40.0 Å². The highest BCUT2D eigenvalue weighted by atomic mass is 16.5. The van der Waals surface area contributed by atoms with E-state index in [1.807, 2.05) is 13.0 Å². The monoisotopic (exact) mass is 242 g/mol. The molecule has 0 aromatic heterocycles. The van der Waals surface area contributed by atoms with Crippen molar-refractivity contribution in [3.63, 3.8) is 0 Å². The number of carboxylic acid groups (broad SMARTS) is 1. The summed E-state index contributed by atoms with van der Waals surface area (Å²) in [7, 11) is 0. The normalized spacial score (nSPS) is 9.94. The SMILES string of the molecule is C=CC(=O)O.CCC=C(C)C(=O)OCCCC. The molecule has 0 rings (SSSR count). The highest BCUT2D eigenvalue weighted by molar-refractivity contribution is 5.87. The summed E-state index contributed by atoms with van der Waals surface area (Å²) in [6.45, 7) is 9.37. The lowest BCUT2D eigenvalue weighted by Crippen LogP contribution is -2.06. The van der Waals surface area contributed by atoms with Crippen LogP contribution in [0.25, 0.3) is 0 Å². The maximum atomic E-state index is 11.1. The van der Waals surface area contributed by atoms with Gasteiger partial charge in [-0.15, -0.1) is 0 Å². The number of carbonyl (C=O) groups is 2. The number of carboxylic acids is 1.